The number of para-hydroxylation sites is 1. The lowest BCUT2D eigenvalue weighted by Crippen LogP contribution is -2.42. The fourth-order valence-corrected chi connectivity index (χ4v) is 5.75. The molecular weight excluding hydrogens is 480 g/mol. The smallest absolute Gasteiger partial charge is 0.266 e. The first-order valence-electron chi connectivity index (χ1n) is 11.7. The van der Waals surface area contributed by atoms with Crippen LogP contribution in [0.4, 0.5) is 0 Å². The number of rotatable bonds is 6. The van der Waals surface area contributed by atoms with Crippen molar-refractivity contribution in [2.24, 2.45) is 0 Å². The number of ether oxygens (including phenoxy) is 1. The molecule has 3 aromatic rings. The highest BCUT2D eigenvalue weighted by atomic mass is 32.2. The van der Waals surface area contributed by atoms with E-state index in [0.717, 1.165) is 28.5 Å². The van der Waals surface area contributed by atoms with Crippen LogP contribution in [0, 0.1) is 0 Å². The number of aryl methyl sites for hydroxylation is 1. The Bertz CT molecular complexity index is 1310. The Kier molecular flexibility index (Phi) is 6.99. The Labute approximate surface area is 213 Å². The Morgan fingerprint density at radius 2 is 2.06 bits per heavy atom. The molecule has 2 aliphatic rings. The SMILES string of the molecule is CCc1cccc2c(/C=C3\SC(=S)N(Cc4cccnc4)C3=O)cn(CC(=O)N3CCOCC3)c12. The number of thiocarbonyl (C=S) groups is 1. The van der Waals surface area contributed by atoms with Gasteiger partial charge in [-0.15, -0.1) is 0 Å². The predicted octanol–water partition coefficient (Wildman–Crippen LogP) is 3.86. The van der Waals surface area contributed by atoms with Crippen molar-refractivity contribution in [1.82, 2.24) is 19.4 Å². The van der Waals surface area contributed by atoms with Crippen LogP contribution in [-0.4, -0.2) is 61.8 Å². The minimum atomic E-state index is -0.110. The molecule has 0 spiro atoms. The van der Waals surface area contributed by atoms with Crippen LogP contribution in [0.25, 0.3) is 17.0 Å². The number of carbonyl (C=O) groups is 2. The highest BCUT2D eigenvalue weighted by Gasteiger charge is 2.32. The quantitative estimate of drug-likeness (QED) is 0.374. The molecule has 2 saturated heterocycles. The van der Waals surface area contributed by atoms with Gasteiger partial charge in [-0.25, -0.2) is 0 Å². The molecular formula is C26H26N4O3S2. The standard InChI is InChI=1S/C26H26N4O3S2/c1-2-19-6-3-7-21-20(16-29(24(19)21)17-23(31)28-9-11-33-12-10-28)13-22-25(32)30(26(34)35-22)15-18-5-4-8-27-14-18/h3-8,13-14,16H,2,9-12,15,17H2,1H3/b22-13-. The zero-order valence-corrected chi connectivity index (χ0v) is 21.1. The maximum absolute atomic E-state index is 13.2. The molecule has 0 radical (unpaired) electrons. The lowest BCUT2D eigenvalue weighted by Gasteiger charge is -2.27. The molecule has 2 fully saturated rings. The van der Waals surface area contributed by atoms with Gasteiger partial charge < -0.3 is 14.2 Å². The van der Waals surface area contributed by atoms with Crippen molar-refractivity contribution in [2.45, 2.75) is 26.4 Å². The minimum Gasteiger partial charge on any atom is -0.378 e. The molecule has 2 aromatic heterocycles. The number of morpholine rings is 1. The van der Waals surface area contributed by atoms with Gasteiger partial charge in [-0.3, -0.25) is 19.5 Å². The average molecular weight is 507 g/mol. The molecule has 4 heterocycles. The van der Waals surface area contributed by atoms with Crippen LogP contribution in [-0.2, 0) is 33.8 Å². The van der Waals surface area contributed by atoms with E-state index in [4.69, 9.17) is 17.0 Å². The Hall–Kier alpha value is -3.01. The summed E-state index contributed by atoms with van der Waals surface area (Å²) >= 11 is 6.83. The van der Waals surface area contributed by atoms with Crippen molar-refractivity contribution in [1.29, 1.82) is 0 Å². The highest BCUT2D eigenvalue weighted by molar-refractivity contribution is 8.26. The fourth-order valence-electron chi connectivity index (χ4n) is 4.50. The van der Waals surface area contributed by atoms with E-state index in [2.05, 4.69) is 18.0 Å². The number of hydrogen-bond acceptors (Lipinski definition) is 6. The Balaban J connectivity index is 1.47. The molecule has 1 aromatic carbocycles. The number of carbonyl (C=O) groups excluding carboxylic acids is 2. The van der Waals surface area contributed by atoms with Crippen molar-refractivity contribution in [2.75, 3.05) is 26.3 Å². The van der Waals surface area contributed by atoms with Crippen molar-refractivity contribution in [3.63, 3.8) is 0 Å². The van der Waals surface area contributed by atoms with Crippen molar-refractivity contribution >= 4 is 57.1 Å². The van der Waals surface area contributed by atoms with Crippen LogP contribution in [0.2, 0.25) is 0 Å². The lowest BCUT2D eigenvalue weighted by molar-refractivity contribution is -0.135. The molecule has 0 bridgehead atoms. The number of amides is 2. The summed E-state index contributed by atoms with van der Waals surface area (Å²) in [6, 6.07) is 9.95. The molecule has 35 heavy (non-hydrogen) atoms. The van der Waals surface area contributed by atoms with E-state index in [9.17, 15) is 9.59 Å². The van der Waals surface area contributed by atoms with Gasteiger partial charge in [0.05, 0.1) is 30.2 Å². The average Bonchev–Trinajstić information content (AvgIpc) is 3.37. The molecule has 0 aliphatic carbocycles. The number of hydrogen-bond donors (Lipinski definition) is 0. The van der Waals surface area contributed by atoms with Gasteiger partial charge in [0.15, 0.2) is 0 Å². The summed E-state index contributed by atoms with van der Waals surface area (Å²) in [5.74, 6) is -0.0359. The zero-order chi connectivity index (χ0) is 24.4. The van der Waals surface area contributed by atoms with Crippen molar-refractivity contribution in [3.8, 4) is 0 Å². The zero-order valence-electron chi connectivity index (χ0n) is 19.5. The number of fused-ring (bicyclic) bond motifs is 1. The summed E-state index contributed by atoms with van der Waals surface area (Å²) < 4.78 is 7.94. The summed E-state index contributed by atoms with van der Waals surface area (Å²) in [7, 11) is 0. The van der Waals surface area contributed by atoms with Crippen LogP contribution < -0.4 is 0 Å². The third-order valence-electron chi connectivity index (χ3n) is 6.29. The molecule has 0 saturated carbocycles. The monoisotopic (exact) mass is 506 g/mol. The third kappa shape index (κ3) is 4.89. The summed E-state index contributed by atoms with van der Waals surface area (Å²) in [4.78, 5) is 34.4. The van der Waals surface area contributed by atoms with E-state index in [-0.39, 0.29) is 18.4 Å². The molecule has 0 atom stereocenters. The van der Waals surface area contributed by atoms with Crippen LogP contribution in [0.1, 0.15) is 23.6 Å². The maximum atomic E-state index is 13.2. The van der Waals surface area contributed by atoms with Gasteiger partial charge in [-0.1, -0.05) is 55.2 Å². The summed E-state index contributed by atoms with van der Waals surface area (Å²) in [6.45, 7) is 5.14. The first kappa shape index (κ1) is 23.7. The molecule has 5 rings (SSSR count). The summed E-state index contributed by atoms with van der Waals surface area (Å²) in [6.07, 6.45) is 8.18. The molecule has 7 nitrogen and oxygen atoms in total. The minimum absolute atomic E-state index is 0.0745. The Morgan fingerprint density at radius 3 is 2.80 bits per heavy atom. The normalized spacial score (nSPS) is 17.7. The number of benzene rings is 1. The van der Waals surface area contributed by atoms with Crippen LogP contribution >= 0.6 is 24.0 Å². The first-order valence-corrected chi connectivity index (χ1v) is 12.9. The van der Waals surface area contributed by atoms with Crippen LogP contribution in [0.3, 0.4) is 0 Å². The van der Waals surface area contributed by atoms with Gasteiger partial charge in [0.2, 0.25) is 5.91 Å². The van der Waals surface area contributed by atoms with Gasteiger partial charge in [-0.2, -0.15) is 0 Å². The van der Waals surface area contributed by atoms with E-state index in [1.807, 2.05) is 46.0 Å². The molecule has 0 N–H and O–H groups in total. The second-order valence-electron chi connectivity index (χ2n) is 8.50. The summed E-state index contributed by atoms with van der Waals surface area (Å²) in [5.41, 5.74) is 4.04. The second kappa shape index (κ2) is 10.3. The molecule has 180 valence electrons. The van der Waals surface area contributed by atoms with Gasteiger partial charge in [0.1, 0.15) is 10.9 Å². The molecule has 2 aliphatic heterocycles. The van der Waals surface area contributed by atoms with Crippen LogP contribution in [0.15, 0.2) is 53.8 Å². The highest BCUT2D eigenvalue weighted by Crippen LogP contribution is 2.36. The number of nitrogens with zero attached hydrogens (tertiary/aromatic N) is 4. The van der Waals surface area contributed by atoms with Gasteiger partial charge >= 0.3 is 0 Å². The van der Waals surface area contributed by atoms with Gasteiger partial charge in [0, 0.05) is 42.6 Å². The second-order valence-corrected chi connectivity index (χ2v) is 10.2. The predicted molar refractivity (Wildman–Crippen MR) is 142 cm³/mol. The largest absolute Gasteiger partial charge is 0.378 e. The van der Waals surface area contributed by atoms with Crippen molar-refractivity contribution in [3.05, 3.63) is 70.5 Å². The van der Waals surface area contributed by atoms with Gasteiger partial charge in [0.25, 0.3) is 5.91 Å². The molecule has 9 heteroatoms. The molecule has 2 amide bonds. The van der Waals surface area contributed by atoms with Gasteiger partial charge in [-0.05, 0) is 29.7 Å². The van der Waals surface area contributed by atoms with E-state index in [0.29, 0.717) is 42.1 Å². The number of pyridine rings is 1. The fraction of sp³-hybridized carbons (Fsp3) is 0.308. The van der Waals surface area contributed by atoms with E-state index < -0.39 is 0 Å². The van der Waals surface area contributed by atoms with Crippen LogP contribution in [0.5, 0.6) is 0 Å². The number of aromatic nitrogens is 2. The van der Waals surface area contributed by atoms with E-state index in [1.165, 1.54) is 17.3 Å². The lowest BCUT2D eigenvalue weighted by atomic mass is 10.1. The number of thioether (sulfide) groups is 1. The maximum Gasteiger partial charge on any atom is 0.266 e. The Morgan fingerprint density at radius 1 is 1.23 bits per heavy atom. The topological polar surface area (TPSA) is 67.7 Å². The van der Waals surface area contributed by atoms with E-state index in [1.54, 1.807) is 17.3 Å². The van der Waals surface area contributed by atoms with E-state index >= 15 is 0 Å². The third-order valence-corrected chi connectivity index (χ3v) is 7.66. The first-order chi connectivity index (χ1) is 17.0. The summed E-state index contributed by atoms with van der Waals surface area (Å²) in [5, 5.41) is 1.02. The molecule has 0 unspecified atom stereocenters. The van der Waals surface area contributed by atoms with Crippen molar-refractivity contribution < 1.29 is 14.3 Å².